The van der Waals surface area contributed by atoms with E-state index in [1.165, 1.54) is 0 Å². The Bertz CT molecular complexity index is 744. The van der Waals surface area contributed by atoms with E-state index < -0.39 is 66.2 Å². The number of hydrogen-bond donors (Lipinski definition) is 9. The summed E-state index contributed by atoms with van der Waals surface area (Å²) >= 11 is 3.87. The number of carboxylic acids is 2. The molecule has 0 saturated carbocycles. The molecule has 4 atom stereocenters. The normalized spacial score (nSPS) is 14.3. The van der Waals surface area contributed by atoms with Crippen LogP contribution in [-0.2, 0) is 24.0 Å². The molecule has 0 bridgehead atoms. The van der Waals surface area contributed by atoms with E-state index in [-0.39, 0.29) is 31.1 Å². The summed E-state index contributed by atoms with van der Waals surface area (Å²) in [5.74, 6) is -5.86. The number of rotatable bonds is 15. The van der Waals surface area contributed by atoms with Gasteiger partial charge in [0, 0.05) is 12.3 Å². The van der Waals surface area contributed by atoms with Crippen LogP contribution in [0.15, 0.2) is 4.99 Å². The quantitative estimate of drug-likeness (QED) is 0.0484. The van der Waals surface area contributed by atoms with Gasteiger partial charge in [0.25, 0.3) is 0 Å². The molecule has 0 aliphatic heterocycles. The molecule has 11 N–H and O–H groups in total. The van der Waals surface area contributed by atoms with Gasteiger partial charge in [-0.05, 0) is 18.8 Å². The van der Waals surface area contributed by atoms with Crippen molar-refractivity contribution in [2.75, 3.05) is 12.3 Å². The number of nitrogens with two attached hydrogens (primary N) is 3. The molecule has 0 aromatic rings. The Morgan fingerprint density at radius 3 is 1.97 bits per heavy atom. The van der Waals surface area contributed by atoms with Gasteiger partial charge in [-0.1, -0.05) is 13.8 Å². The average molecular weight is 492 g/mol. The summed E-state index contributed by atoms with van der Waals surface area (Å²) in [6.07, 6.45) is -0.465. The van der Waals surface area contributed by atoms with Gasteiger partial charge in [-0.3, -0.25) is 24.2 Å². The number of guanidine groups is 1. The molecule has 3 amide bonds. The van der Waals surface area contributed by atoms with Gasteiger partial charge in [0.05, 0.1) is 12.5 Å². The molecule has 0 aromatic heterocycles. The van der Waals surface area contributed by atoms with Crippen molar-refractivity contribution in [3.63, 3.8) is 0 Å². The minimum atomic E-state index is -1.51. The van der Waals surface area contributed by atoms with Crippen molar-refractivity contribution >= 4 is 48.2 Å². The summed E-state index contributed by atoms with van der Waals surface area (Å²) in [6.45, 7) is 3.36. The Morgan fingerprint density at radius 2 is 1.52 bits per heavy atom. The number of nitrogens with one attached hydrogen (secondary N) is 3. The monoisotopic (exact) mass is 491 g/mol. The molecule has 0 aromatic carbocycles. The first-order chi connectivity index (χ1) is 15.3. The smallest absolute Gasteiger partial charge is 0.326 e. The fourth-order valence-electron chi connectivity index (χ4n) is 2.56. The van der Waals surface area contributed by atoms with Crippen molar-refractivity contribution in [3.05, 3.63) is 0 Å². The number of hydrogen-bond acceptors (Lipinski definition) is 8. The van der Waals surface area contributed by atoms with Crippen LogP contribution in [0.25, 0.3) is 0 Å². The average Bonchev–Trinajstić information content (AvgIpc) is 2.71. The predicted molar refractivity (Wildman–Crippen MR) is 122 cm³/mol. The minimum Gasteiger partial charge on any atom is -0.481 e. The largest absolute Gasteiger partial charge is 0.481 e. The fraction of sp³-hybridized carbons (Fsp3) is 0.667. The topological polar surface area (TPSA) is 252 Å². The van der Waals surface area contributed by atoms with E-state index in [1.807, 2.05) is 0 Å². The summed E-state index contributed by atoms with van der Waals surface area (Å²) < 4.78 is 0. The molecular formula is C18H33N7O7S. The van der Waals surface area contributed by atoms with Crippen molar-refractivity contribution in [3.8, 4) is 0 Å². The highest BCUT2D eigenvalue weighted by molar-refractivity contribution is 7.80. The van der Waals surface area contributed by atoms with Crippen LogP contribution in [-0.4, -0.2) is 82.3 Å². The van der Waals surface area contributed by atoms with Crippen molar-refractivity contribution < 1.29 is 34.2 Å². The van der Waals surface area contributed by atoms with E-state index in [9.17, 15) is 29.1 Å². The van der Waals surface area contributed by atoms with Crippen LogP contribution in [0.3, 0.4) is 0 Å². The summed E-state index contributed by atoms with van der Waals surface area (Å²) in [4.78, 5) is 63.7. The third-order valence-electron chi connectivity index (χ3n) is 4.35. The molecule has 0 aliphatic rings. The number of aliphatic imine (C=N–C) groups is 1. The lowest BCUT2D eigenvalue weighted by atomic mass is 10.0. The van der Waals surface area contributed by atoms with E-state index in [0.29, 0.717) is 0 Å². The molecule has 188 valence electrons. The second-order valence-corrected chi connectivity index (χ2v) is 7.89. The van der Waals surface area contributed by atoms with E-state index in [4.69, 9.17) is 22.3 Å². The second-order valence-electron chi connectivity index (χ2n) is 7.53. The molecule has 0 rings (SSSR count). The van der Waals surface area contributed by atoms with Crippen molar-refractivity contribution in [2.45, 2.75) is 57.3 Å². The standard InChI is InChI=1S/C18H33N7O7S/c1-8(2)13(16(30)23-10(17(31)32)4-3-5-22-18(20)21)25-15(29)11(6-12(26)27)24-14(28)9(19)7-33/h8-11,13,33H,3-7,19H2,1-2H3,(H,23,30)(H,24,28)(H,25,29)(H,26,27)(H,31,32)(H4,20,21,22). The molecule has 0 heterocycles. The molecule has 15 heteroatoms. The van der Waals surface area contributed by atoms with Crippen molar-refractivity contribution in [1.82, 2.24) is 16.0 Å². The van der Waals surface area contributed by atoms with E-state index >= 15 is 0 Å². The summed E-state index contributed by atoms with van der Waals surface area (Å²) in [6, 6.07) is -5.06. The molecule has 14 nitrogen and oxygen atoms in total. The molecule has 0 spiro atoms. The molecule has 0 saturated heterocycles. The minimum absolute atomic E-state index is 0.0237. The van der Waals surface area contributed by atoms with Crippen LogP contribution in [0, 0.1) is 5.92 Å². The van der Waals surface area contributed by atoms with Crippen molar-refractivity contribution in [2.24, 2.45) is 28.1 Å². The number of aliphatic carboxylic acids is 2. The number of carbonyl (C=O) groups excluding carboxylic acids is 3. The van der Waals surface area contributed by atoms with Gasteiger partial charge in [0.15, 0.2) is 5.96 Å². The zero-order valence-electron chi connectivity index (χ0n) is 18.5. The molecular weight excluding hydrogens is 458 g/mol. The molecule has 33 heavy (non-hydrogen) atoms. The Labute approximate surface area is 196 Å². The SMILES string of the molecule is CC(C)C(NC(=O)C(CC(=O)O)NC(=O)C(N)CS)C(=O)NC(CCCN=C(N)N)C(=O)O. The summed E-state index contributed by atoms with van der Waals surface area (Å²) in [7, 11) is 0. The van der Waals surface area contributed by atoms with Gasteiger partial charge in [0.1, 0.15) is 18.1 Å². The van der Waals surface area contributed by atoms with Crippen LogP contribution in [0.4, 0.5) is 0 Å². The highest BCUT2D eigenvalue weighted by Crippen LogP contribution is 2.07. The first-order valence-corrected chi connectivity index (χ1v) is 10.7. The van der Waals surface area contributed by atoms with Crippen LogP contribution in [0.5, 0.6) is 0 Å². The first kappa shape index (κ1) is 29.9. The van der Waals surface area contributed by atoms with Crippen LogP contribution in [0.2, 0.25) is 0 Å². The molecule has 4 unspecified atom stereocenters. The lowest BCUT2D eigenvalue weighted by Crippen LogP contribution is -2.58. The fourth-order valence-corrected chi connectivity index (χ4v) is 2.72. The number of nitrogens with zero attached hydrogens (tertiary/aromatic N) is 1. The Hall–Kier alpha value is -3.07. The van der Waals surface area contributed by atoms with Crippen LogP contribution < -0.4 is 33.2 Å². The Kier molecular flexibility index (Phi) is 13.5. The van der Waals surface area contributed by atoms with E-state index in [0.717, 1.165) is 0 Å². The van der Waals surface area contributed by atoms with Crippen LogP contribution in [0.1, 0.15) is 33.1 Å². The van der Waals surface area contributed by atoms with Crippen molar-refractivity contribution in [1.29, 1.82) is 0 Å². The van der Waals surface area contributed by atoms with Crippen LogP contribution >= 0.6 is 12.6 Å². The van der Waals surface area contributed by atoms with Gasteiger partial charge >= 0.3 is 11.9 Å². The van der Waals surface area contributed by atoms with Gasteiger partial charge in [-0.15, -0.1) is 0 Å². The number of amides is 3. The highest BCUT2D eigenvalue weighted by Gasteiger charge is 2.32. The zero-order valence-corrected chi connectivity index (χ0v) is 19.4. The van der Waals surface area contributed by atoms with Gasteiger partial charge in [-0.2, -0.15) is 12.6 Å². The third-order valence-corrected chi connectivity index (χ3v) is 4.75. The maximum atomic E-state index is 12.7. The summed E-state index contributed by atoms with van der Waals surface area (Å²) in [5.41, 5.74) is 15.9. The van der Waals surface area contributed by atoms with E-state index in [1.54, 1.807) is 13.8 Å². The van der Waals surface area contributed by atoms with Gasteiger partial charge in [0.2, 0.25) is 17.7 Å². The molecule has 0 fully saturated rings. The maximum Gasteiger partial charge on any atom is 0.326 e. The molecule has 0 aliphatic carbocycles. The van der Waals surface area contributed by atoms with Gasteiger partial charge in [-0.25, -0.2) is 4.79 Å². The number of carboxylic acid groups (broad SMARTS) is 2. The zero-order chi connectivity index (χ0) is 25.7. The Balaban J connectivity index is 5.34. The first-order valence-electron chi connectivity index (χ1n) is 10.1. The summed E-state index contributed by atoms with van der Waals surface area (Å²) in [5, 5.41) is 25.4. The predicted octanol–water partition coefficient (Wildman–Crippen LogP) is -3.03. The van der Waals surface area contributed by atoms with E-state index in [2.05, 4.69) is 33.6 Å². The maximum absolute atomic E-state index is 12.7. The Morgan fingerprint density at radius 1 is 0.939 bits per heavy atom. The highest BCUT2D eigenvalue weighted by atomic mass is 32.1. The second kappa shape index (κ2) is 14.9. The lowest BCUT2D eigenvalue weighted by Gasteiger charge is -2.26. The van der Waals surface area contributed by atoms with Gasteiger partial charge < -0.3 is 43.4 Å². The number of carbonyl (C=O) groups is 5. The molecule has 0 radical (unpaired) electrons. The number of thiol groups is 1. The lowest BCUT2D eigenvalue weighted by molar-refractivity contribution is -0.143. The third kappa shape index (κ3) is 11.9.